The summed E-state index contributed by atoms with van der Waals surface area (Å²) in [6, 6.07) is 11.3. The Morgan fingerprint density at radius 2 is 1.86 bits per heavy atom. The molecule has 0 radical (unpaired) electrons. The highest BCUT2D eigenvalue weighted by Gasteiger charge is 2.26. The number of ether oxygens (including phenoxy) is 1. The number of nitrogens with one attached hydrogen (secondary N) is 2. The molecule has 0 aliphatic heterocycles. The predicted octanol–water partition coefficient (Wildman–Crippen LogP) is 2.35. The lowest BCUT2D eigenvalue weighted by molar-refractivity contribution is -0.139. The number of carboxylic acids is 1. The van der Waals surface area contributed by atoms with Gasteiger partial charge in [0.1, 0.15) is 12.4 Å². The van der Waals surface area contributed by atoms with Gasteiger partial charge in [-0.15, -0.1) is 0 Å². The average Bonchev–Trinajstić information content (AvgIpc) is 3.51. The van der Waals surface area contributed by atoms with Crippen molar-refractivity contribution in [1.29, 1.82) is 0 Å². The number of hydrogen-bond acceptors (Lipinski definition) is 5. The number of halogens is 1. The number of aromatic carboxylic acids is 1. The predicted molar refractivity (Wildman–Crippen MR) is 106 cm³/mol. The van der Waals surface area contributed by atoms with Gasteiger partial charge < -0.3 is 15.2 Å². The van der Waals surface area contributed by atoms with Gasteiger partial charge in [-0.1, -0.05) is 23.7 Å². The molecule has 2 aromatic rings. The SMILES string of the molecule is O=C(N/N=C\c1cc(Cl)ccc1OCc1ccc(C(=O)O)cc1)C(=O)NC1CC1. The smallest absolute Gasteiger partial charge is 0.335 e. The summed E-state index contributed by atoms with van der Waals surface area (Å²) in [6.07, 6.45) is 3.09. The molecule has 1 aliphatic rings. The van der Waals surface area contributed by atoms with Gasteiger partial charge in [-0.05, 0) is 48.7 Å². The maximum Gasteiger partial charge on any atom is 0.335 e. The van der Waals surface area contributed by atoms with Crippen LogP contribution in [0.1, 0.15) is 34.3 Å². The van der Waals surface area contributed by atoms with E-state index in [-0.39, 0.29) is 18.2 Å². The van der Waals surface area contributed by atoms with Gasteiger partial charge in [-0.25, -0.2) is 10.2 Å². The van der Waals surface area contributed by atoms with E-state index in [1.165, 1.54) is 18.3 Å². The fourth-order valence-corrected chi connectivity index (χ4v) is 2.53. The van der Waals surface area contributed by atoms with Crippen LogP contribution in [0.3, 0.4) is 0 Å². The fourth-order valence-electron chi connectivity index (χ4n) is 2.35. The van der Waals surface area contributed by atoms with Gasteiger partial charge in [0.2, 0.25) is 0 Å². The summed E-state index contributed by atoms with van der Waals surface area (Å²) in [5.74, 6) is -2.12. The van der Waals surface area contributed by atoms with E-state index in [1.54, 1.807) is 30.3 Å². The van der Waals surface area contributed by atoms with Gasteiger partial charge in [0.25, 0.3) is 0 Å². The van der Waals surface area contributed by atoms with E-state index in [9.17, 15) is 14.4 Å². The Morgan fingerprint density at radius 3 is 2.52 bits per heavy atom. The lowest BCUT2D eigenvalue weighted by Crippen LogP contribution is -2.38. The van der Waals surface area contributed by atoms with Crippen LogP contribution in [0.2, 0.25) is 5.02 Å². The van der Waals surface area contributed by atoms with E-state index in [1.807, 2.05) is 0 Å². The quantitative estimate of drug-likeness (QED) is 0.364. The summed E-state index contributed by atoms with van der Waals surface area (Å²) in [5, 5.41) is 15.7. The zero-order chi connectivity index (χ0) is 20.8. The molecule has 0 aromatic heterocycles. The number of nitrogens with zero attached hydrogens (tertiary/aromatic N) is 1. The summed E-state index contributed by atoms with van der Waals surface area (Å²) in [4.78, 5) is 34.2. The second-order valence-corrected chi connectivity index (χ2v) is 6.86. The second-order valence-electron chi connectivity index (χ2n) is 6.42. The Hall–Kier alpha value is -3.39. The first-order valence-electron chi connectivity index (χ1n) is 8.81. The molecule has 0 unspecified atom stereocenters. The Bertz CT molecular complexity index is 955. The normalized spacial score (nSPS) is 13.1. The van der Waals surface area contributed by atoms with Crippen LogP contribution < -0.4 is 15.5 Å². The number of carbonyl (C=O) groups excluding carboxylic acids is 2. The van der Waals surface area contributed by atoms with Gasteiger partial charge in [0.15, 0.2) is 0 Å². The molecule has 1 fully saturated rings. The van der Waals surface area contributed by atoms with Gasteiger partial charge in [-0.2, -0.15) is 5.10 Å². The minimum Gasteiger partial charge on any atom is -0.488 e. The third-order valence-electron chi connectivity index (χ3n) is 4.06. The zero-order valence-corrected chi connectivity index (χ0v) is 16.0. The minimum absolute atomic E-state index is 0.0785. The molecule has 1 aliphatic carbocycles. The van der Waals surface area contributed by atoms with Crippen LogP contribution in [0.25, 0.3) is 0 Å². The maximum absolute atomic E-state index is 11.7. The number of carbonyl (C=O) groups is 3. The van der Waals surface area contributed by atoms with Gasteiger partial charge in [-0.3, -0.25) is 9.59 Å². The first-order chi connectivity index (χ1) is 13.9. The summed E-state index contributed by atoms with van der Waals surface area (Å²) >= 11 is 6.01. The summed E-state index contributed by atoms with van der Waals surface area (Å²) in [5.41, 5.74) is 3.63. The van der Waals surface area contributed by atoms with E-state index < -0.39 is 17.8 Å². The molecule has 3 rings (SSSR count). The van der Waals surface area contributed by atoms with Gasteiger partial charge in [0.05, 0.1) is 11.8 Å². The van der Waals surface area contributed by atoms with Crippen molar-refractivity contribution in [2.24, 2.45) is 5.10 Å². The highest BCUT2D eigenvalue weighted by atomic mass is 35.5. The van der Waals surface area contributed by atoms with Gasteiger partial charge in [0, 0.05) is 16.6 Å². The molecular weight excluding hydrogens is 398 g/mol. The number of benzene rings is 2. The van der Waals surface area contributed by atoms with Crippen LogP contribution in [0.15, 0.2) is 47.6 Å². The number of amides is 2. The van der Waals surface area contributed by atoms with Crippen LogP contribution in [0.5, 0.6) is 5.75 Å². The van der Waals surface area contributed by atoms with Crippen LogP contribution in [-0.2, 0) is 16.2 Å². The second kappa shape index (κ2) is 9.20. The highest BCUT2D eigenvalue weighted by Crippen LogP contribution is 2.22. The number of rotatable bonds is 7. The number of hydrogen-bond donors (Lipinski definition) is 3. The largest absolute Gasteiger partial charge is 0.488 e. The van der Waals surface area contributed by atoms with Crippen LogP contribution in [0.4, 0.5) is 0 Å². The monoisotopic (exact) mass is 415 g/mol. The number of carboxylic acid groups (broad SMARTS) is 1. The van der Waals surface area contributed by atoms with Crippen molar-refractivity contribution in [3.05, 3.63) is 64.2 Å². The minimum atomic E-state index is -0.999. The molecule has 9 heteroatoms. The van der Waals surface area contributed by atoms with E-state index in [0.29, 0.717) is 16.3 Å². The van der Waals surface area contributed by atoms with E-state index in [2.05, 4.69) is 15.8 Å². The number of hydrazone groups is 1. The standard InChI is InChI=1S/C20H18ClN3O5/c21-15-5-8-17(29-11-12-1-3-13(4-2-12)20(27)28)14(9-15)10-22-24-19(26)18(25)23-16-6-7-16/h1-5,8-10,16H,6-7,11H2,(H,23,25)(H,24,26)(H,27,28)/b22-10-. The Labute approximate surface area is 171 Å². The summed E-state index contributed by atoms with van der Waals surface area (Å²) in [7, 11) is 0. The lowest BCUT2D eigenvalue weighted by Gasteiger charge is -2.10. The van der Waals surface area contributed by atoms with Crippen LogP contribution in [0, 0.1) is 0 Å². The molecule has 0 heterocycles. The molecule has 150 valence electrons. The lowest BCUT2D eigenvalue weighted by atomic mass is 10.1. The molecule has 8 nitrogen and oxygen atoms in total. The maximum atomic E-state index is 11.7. The van der Waals surface area contributed by atoms with E-state index >= 15 is 0 Å². The third kappa shape index (κ3) is 6.05. The van der Waals surface area contributed by atoms with Crippen molar-refractivity contribution in [1.82, 2.24) is 10.7 Å². The molecule has 29 heavy (non-hydrogen) atoms. The Morgan fingerprint density at radius 1 is 1.14 bits per heavy atom. The Kier molecular flexibility index (Phi) is 6.46. The Balaban J connectivity index is 1.61. The molecule has 3 N–H and O–H groups in total. The van der Waals surface area contributed by atoms with Crippen LogP contribution in [-0.4, -0.2) is 35.1 Å². The molecular formula is C20H18ClN3O5. The third-order valence-corrected chi connectivity index (χ3v) is 4.29. The summed E-state index contributed by atoms with van der Waals surface area (Å²) < 4.78 is 5.76. The molecule has 0 bridgehead atoms. The topological polar surface area (TPSA) is 117 Å². The van der Waals surface area contributed by atoms with Crippen molar-refractivity contribution < 1.29 is 24.2 Å². The van der Waals surface area contributed by atoms with E-state index in [4.69, 9.17) is 21.4 Å². The zero-order valence-electron chi connectivity index (χ0n) is 15.2. The molecule has 1 saturated carbocycles. The molecule has 2 aromatic carbocycles. The molecule has 2 amide bonds. The van der Waals surface area contributed by atoms with Crippen molar-refractivity contribution in [3.8, 4) is 5.75 Å². The highest BCUT2D eigenvalue weighted by molar-refractivity contribution is 6.35. The van der Waals surface area contributed by atoms with Crippen LogP contribution >= 0.6 is 11.6 Å². The molecule has 0 atom stereocenters. The fraction of sp³-hybridized carbons (Fsp3) is 0.200. The van der Waals surface area contributed by atoms with E-state index in [0.717, 1.165) is 18.4 Å². The first kappa shape index (κ1) is 20.3. The van der Waals surface area contributed by atoms with Gasteiger partial charge >= 0.3 is 17.8 Å². The van der Waals surface area contributed by atoms with Crippen molar-refractivity contribution in [2.75, 3.05) is 0 Å². The molecule has 0 saturated heterocycles. The average molecular weight is 416 g/mol. The molecule has 0 spiro atoms. The first-order valence-corrected chi connectivity index (χ1v) is 9.18. The van der Waals surface area contributed by atoms with Crippen molar-refractivity contribution >= 4 is 35.6 Å². The van der Waals surface area contributed by atoms with Crippen molar-refractivity contribution in [3.63, 3.8) is 0 Å². The summed E-state index contributed by atoms with van der Waals surface area (Å²) in [6.45, 7) is 0.193. The van der Waals surface area contributed by atoms with Crippen molar-refractivity contribution in [2.45, 2.75) is 25.5 Å².